The summed E-state index contributed by atoms with van der Waals surface area (Å²) in [6.07, 6.45) is -0.0870. The number of benzene rings is 2. The fourth-order valence-corrected chi connectivity index (χ4v) is 2.63. The van der Waals surface area contributed by atoms with E-state index < -0.39 is 22.8 Å². The number of halogens is 1. The third kappa shape index (κ3) is 5.03. The van der Waals surface area contributed by atoms with Crippen LogP contribution in [0, 0.1) is 10.1 Å². The number of nitrogens with zero attached hydrogens (tertiary/aromatic N) is 1. The molecule has 0 bridgehead atoms. The molecule has 0 fully saturated rings. The van der Waals surface area contributed by atoms with Gasteiger partial charge in [-0.15, -0.1) is 0 Å². The van der Waals surface area contributed by atoms with Crippen LogP contribution in [0.3, 0.4) is 0 Å². The maximum absolute atomic E-state index is 12.5. The third-order valence-electron chi connectivity index (χ3n) is 3.60. The molecule has 0 aliphatic rings. The predicted molar refractivity (Wildman–Crippen MR) is 96.0 cm³/mol. The lowest BCUT2D eigenvalue weighted by atomic mass is 10.0. The van der Waals surface area contributed by atoms with Crippen LogP contribution in [0.5, 0.6) is 0 Å². The normalized spacial score (nSPS) is 11.5. The van der Waals surface area contributed by atoms with Crippen LogP contribution in [0.25, 0.3) is 0 Å². The number of amides is 1. The van der Waals surface area contributed by atoms with Gasteiger partial charge in [0.2, 0.25) is 0 Å². The highest BCUT2D eigenvalue weighted by molar-refractivity contribution is 6.31. The van der Waals surface area contributed by atoms with Crippen molar-refractivity contribution < 1.29 is 19.2 Å². The van der Waals surface area contributed by atoms with E-state index in [1.165, 1.54) is 24.3 Å². The first-order chi connectivity index (χ1) is 12.4. The zero-order valence-corrected chi connectivity index (χ0v) is 14.7. The highest BCUT2D eigenvalue weighted by Crippen LogP contribution is 2.26. The number of esters is 1. The fourth-order valence-electron chi connectivity index (χ4n) is 2.36. The Morgan fingerprint density at radius 1 is 1.19 bits per heavy atom. The molecule has 136 valence electrons. The Kier molecular flexibility index (Phi) is 6.68. The monoisotopic (exact) mass is 376 g/mol. The van der Waals surface area contributed by atoms with Gasteiger partial charge in [0.05, 0.1) is 24.0 Å². The number of rotatable bonds is 7. The lowest BCUT2D eigenvalue weighted by Crippen LogP contribution is -2.30. The highest BCUT2D eigenvalue weighted by Gasteiger charge is 2.22. The van der Waals surface area contributed by atoms with Gasteiger partial charge in [0.25, 0.3) is 11.6 Å². The number of non-ortho nitro benzene ring substituents is 1. The van der Waals surface area contributed by atoms with Crippen LogP contribution < -0.4 is 5.32 Å². The second-order valence-electron chi connectivity index (χ2n) is 5.36. The molecule has 0 saturated carbocycles. The first-order valence-electron chi connectivity index (χ1n) is 7.87. The van der Waals surface area contributed by atoms with Gasteiger partial charge < -0.3 is 10.1 Å². The number of hydrogen-bond acceptors (Lipinski definition) is 5. The summed E-state index contributed by atoms with van der Waals surface area (Å²) in [6, 6.07) is 11.3. The van der Waals surface area contributed by atoms with Crippen molar-refractivity contribution in [1.82, 2.24) is 5.32 Å². The molecule has 7 nitrogen and oxygen atoms in total. The fraction of sp³-hybridized carbons (Fsp3) is 0.222. The lowest BCUT2D eigenvalue weighted by molar-refractivity contribution is -0.384. The van der Waals surface area contributed by atoms with Crippen molar-refractivity contribution in [3.63, 3.8) is 0 Å². The van der Waals surface area contributed by atoms with E-state index in [1.54, 1.807) is 31.2 Å². The van der Waals surface area contributed by atoms with Gasteiger partial charge in [-0.2, -0.15) is 0 Å². The second-order valence-corrected chi connectivity index (χ2v) is 5.77. The second kappa shape index (κ2) is 8.96. The molecule has 0 unspecified atom stereocenters. The first-order valence-corrected chi connectivity index (χ1v) is 8.25. The summed E-state index contributed by atoms with van der Waals surface area (Å²) in [4.78, 5) is 34.5. The minimum absolute atomic E-state index is 0.0870. The highest BCUT2D eigenvalue weighted by atomic mass is 35.5. The average Bonchev–Trinajstić information content (AvgIpc) is 2.62. The molecular weight excluding hydrogens is 360 g/mol. The molecule has 0 spiro atoms. The van der Waals surface area contributed by atoms with E-state index in [4.69, 9.17) is 16.3 Å². The van der Waals surface area contributed by atoms with Crippen molar-refractivity contribution in [2.45, 2.75) is 19.4 Å². The predicted octanol–water partition coefficient (Wildman–Crippen LogP) is 3.67. The van der Waals surface area contributed by atoms with Crippen molar-refractivity contribution in [2.75, 3.05) is 6.61 Å². The molecule has 1 amide bonds. The summed E-state index contributed by atoms with van der Waals surface area (Å²) >= 11 is 6.19. The molecule has 1 N–H and O–H groups in total. The van der Waals surface area contributed by atoms with Gasteiger partial charge in [0.1, 0.15) is 0 Å². The standard InChI is InChI=1S/C18H17ClN2O5/c1-2-26-17(22)11-16(14-5-3-4-6-15(14)19)20-18(23)12-7-9-13(10-8-12)21(24)25/h3-10,16H,2,11H2,1H3,(H,20,23)/t16-/m0/s1. The average molecular weight is 377 g/mol. The Balaban J connectivity index is 2.22. The minimum atomic E-state index is -0.689. The summed E-state index contributed by atoms with van der Waals surface area (Å²) in [5, 5.41) is 13.8. The van der Waals surface area contributed by atoms with Crippen molar-refractivity contribution in [1.29, 1.82) is 0 Å². The summed E-state index contributed by atoms with van der Waals surface area (Å²) < 4.78 is 4.95. The third-order valence-corrected chi connectivity index (χ3v) is 3.95. The molecule has 0 aromatic heterocycles. The van der Waals surface area contributed by atoms with E-state index in [0.717, 1.165) is 0 Å². The number of carbonyl (C=O) groups is 2. The summed E-state index contributed by atoms with van der Waals surface area (Å²) in [5.41, 5.74) is 0.699. The molecule has 0 heterocycles. The Hall–Kier alpha value is -2.93. The van der Waals surface area contributed by atoms with Crippen LogP contribution in [0.2, 0.25) is 5.02 Å². The zero-order chi connectivity index (χ0) is 19.1. The molecule has 8 heteroatoms. The van der Waals surface area contributed by atoms with Crippen LogP contribution >= 0.6 is 11.6 Å². The number of nitro groups is 1. The van der Waals surface area contributed by atoms with Crippen molar-refractivity contribution in [2.24, 2.45) is 0 Å². The lowest BCUT2D eigenvalue weighted by Gasteiger charge is -2.19. The van der Waals surface area contributed by atoms with E-state index in [9.17, 15) is 19.7 Å². The maximum Gasteiger partial charge on any atom is 0.308 e. The van der Waals surface area contributed by atoms with E-state index in [0.29, 0.717) is 10.6 Å². The Labute approximate surface area is 155 Å². The molecule has 2 aromatic rings. The van der Waals surface area contributed by atoms with E-state index in [-0.39, 0.29) is 24.3 Å². The van der Waals surface area contributed by atoms with Crippen LogP contribution in [0.15, 0.2) is 48.5 Å². The van der Waals surface area contributed by atoms with Gasteiger partial charge in [-0.1, -0.05) is 29.8 Å². The molecule has 26 heavy (non-hydrogen) atoms. The molecule has 1 atom stereocenters. The molecule has 0 aliphatic heterocycles. The van der Waals surface area contributed by atoms with Crippen molar-refractivity contribution >= 4 is 29.2 Å². The first kappa shape index (κ1) is 19.4. The van der Waals surface area contributed by atoms with Gasteiger partial charge in [-0.05, 0) is 30.7 Å². The van der Waals surface area contributed by atoms with Gasteiger partial charge in [0, 0.05) is 22.7 Å². The molecule has 0 radical (unpaired) electrons. The Morgan fingerprint density at radius 2 is 1.85 bits per heavy atom. The van der Waals surface area contributed by atoms with Crippen molar-refractivity contribution in [3.8, 4) is 0 Å². The maximum atomic E-state index is 12.5. The van der Waals surface area contributed by atoms with Gasteiger partial charge in [-0.3, -0.25) is 19.7 Å². The molecule has 0 saturated heterocycles. The Bertz CT molecular complexity index is 807. The number of carbonyl (C=O) groups excluding carboxylic acids is 2. The van der Waals surface area contributed by atoms with Gasteiger partial charge in [-0.25, -0.2) is 0 Å². The molecular formula is C18H17ClN2O5. The summed E-state index contributed by atoms with van der Waals surface area (Å²) in [7, 11) is 0. The summed E-state index contributed by atoms with van der Waals surface area (Å²) in [5.74, 6) is -0.949. The van der Waals surface area contributed by atoms with Crippen LogP contribution in [0.1, 0.15) is 35.3 Å². The molecule has 0 aliphatic carbocycles. The van der Waals surface area contributed by atoms with Gasteiger partial charge in [0.15, 0.2) is 0 Å². The molecule has 2 aromatic carbocycles. The number of nitro benzene ring substituents is 1. The smallest absolute Gasteiger partial charge is 0.308 e. The minimum Gasteiger partial charge on any atom is -0.466 e. The summed E-state index contributed by atoms with van der Waals surface area (Å²) in [6.45, 7) is 1.92. The Morgan fingerprint density at radius 3 is 2.42 bits per heavy atom. The van der Waals surface area contributed by atoms with E-state index >= 15 is 0 Å². The number of nitrogens with one attached hydrogen (secondary N) is 1. The van der Waals surface area contributed by atoms with Gasteiger partial charge >= 0.3 is 5.97 Å². The zero-order valence-electron chi connectivity index (χ0n) is 14.0. The SMILES string of the molecule is CCOC(=O)C[C@H](NC(=O)c1ccc([N+](=O)[O-])cc1)c1ccccc1Cl. The van der Waals surface area contributed by atoms with E-state index in [1.807, 2.05) is 0 Å². The number of hydrogen-bond donors (Lipinski definition) is 1. The quantitative estimate of drug-likeness (QED) is 0.451. The van der Waals surface area contributed by atoms with E-state index in [2.05, 4.69) is 5.32 Å². The van der Waals surface area contributed by atoms with Crippen LogP contribution in [0.4, 0.5) is 5.69 Å². The van der Waals surface area contributed by atoms with Crippen LogP contribution in [-0.4, -0.2) is 23.4 Å². The topological polar surface area (TPSA) is 98.5 Å². The van der Waals surface area contributed by atoms with Crippen LogP contribution in [-0.2, 0) is 9.53 Å². The molecule has 2 rings (SSSR count). The largest absolute Gasteiger partial charge is 0.466 e. The van der Waals surface area contributed by atoms with Crippen molar-refractivity contribution in [3.05, 3.63) is 74.8 Å². The number of ether oxygens (including phenoxy) is 1.